The summed E-state index contributed by atoms with van der Waals surface area (Å²) in [7, 11) is 0. The second-order valence-corrected chi connectivity index (χ2v) is 5.48. The lowest BCUT2D eigenvalue weighted by Gasteiger charge is -2.37. The number of allylic oxidation sites excluding steroid dienone is 1. The predicted octanol–water partition coefficient (Wildman–Crippen LogP) is 0.453. The van der Waals surface area contributed by atoms with Crippen molar-refractivity contribution < 1.29 is 19.0 Å². The Labute approximate surface area is 111 Å². The fourth-order valence-electron chi connectivity index (χ4n) is 2.80. The molecule has 19 heavy (non-hydrogen) atoms. The van der Waals surface area contributed by atoms with Gasteiger partial charge in [-0.05, 0) is 20.3 Å². The molecule has 0 aromatic heterocycles. The van der Waals surface area contributed by atoms with Gasteiger partial charge < -0.3 is 24.8 Å². The molecule has 3 rings (SSSR count). The summed E-state index contributed by atoms with van der Waals surface area (Å²) >= 11 is 0. The molecule has 0 spiro atoms. The molecular weight excluding hydrogens is 248 g/mol. The second-order valence-electron chi connectivity index (χ2n) is 5.48. The van der Waals surface area contributed by atoms with Crippen LogP contribution in [0.4, 0.5) is 0 Å². The van der Waals surface area contributed by atoms with Crippen molar-refractivity contribution in [3.8, 4) is 0 Å². The summed E-state index contributed by atoms with van der Waals surface area (Å²) in [6, 6.07) is 0. The third kappa shape index (κ3) is 1.96. The van der Waals surface area contributed by atoms with Crippen LogP contribution in [0.1, 0.15) is 20.3 Å². The van der Waals surface area contributed by atoms with Crippen LogP contribution >= 0.6 is 0 Å². The first kappa shape index (κ1) is 12.7. The van der Waals surface area contributed by atoms with Gasteiger partial charge in [-0.25, -0.2) is 0 Å². The van der Waals surface area contributed by atoms with Crippen LogP contribution in [0.3, 0.4) is 0 Å². The highest BCUT2D eigenvalue weighted by Crippen LogP contribution is 2.43. The summed E-state index contributed by atoms with van der Waals surface area (Å²) in [6.07, 6.45) is 5.86. The Bertz CT molecular complexity index is 471. The predicted molar refractivity (Wildman–Crippen MR) is 66.5 cm³/mol. The molecule has 1 amide bonds. The van der Waals surface area contributed by atoms with Gasteiger partial charge >= 0.3 is 0 Å². The van der Waals surface area contributed by atoms with Crippen LogP contribution in [0.2, 0.25) is 0 Å². The zero-order chi connectivity index (χ0) is 13.7. The molecule has 0 aromatic rings. The number of carbonyl (C=O) groups is 1. The number of ether oxygens (including phenoxy) is 3. The average molecular weight is 266 g/mol. The summed E-state index contributed by atoms with van der Waals surface area (Å²) in [5, 5.41) is 0. The van der Waals surface area contributed by atoms with Crippen molar-refractivity contribution in [1.29, 1.82) is 0 Å². The standard InChI is InChI=1S/C13H18N2O4/c1-12(2)18-10-7-17-8-13(10,19-12)15-5-3-4-9(6-15)11(14)16/h3,5-6,10H,4,7-8H2,1-2H3,(H2,14,16). The smallest absolute Gasteiger partial charge is 0.246 e. The van der Waals surface area contributed by atoms with Gasteiger partial charge in [0.15, 0.2) is 11.5 Å². The third-order valence-corrected chi connectivity index (χ3v) is 3.58. The highest BCUT2D eigenvalue weighted by molar-refractivity contribution is 5.92. The fourth-order valence-corrected chi connectivity index (χ4v) is 2.80. The Morgan fingerprint density at radius 1 is 1.53 bits per heavy atom. The molecule has 3 heterocycles. The molecule has 2 unspecified atom stereocenters. The maximum Gasteiger partial charge on any atom is 0.246 e. The Morgan fingerprint density at radius 2 is 2.32 bits per heavy atom. The summed E-state index contributed by atoms with van der Waals surface area (Å²) in [5.74, 6) is -1.08. The van der Waals surface area contributed by atoms with Crippen LogP contribution < -0.4 is 5.73 Å². The minimum atomic E-state index is -0.707. The highest BCUT2D eigenvalue weighted by atomic mass is 16.8. The van der Waals surface area contributed by atoms with Gasteiger partial charge in [-0.15, -0.1) is 0 Å². The van der Waals surface area contributed by atoms with Crippen molar-refractivity contribution in [2.75, 3.05) is 13.2 Å². The lowest BCUT2D eigenvalue weighted by molar-refractivity contribution is -0.202. The number of primary amides is 1. The number of amides is 1. The topological polar surface area (TPSA) is 74.0 Å². The minimum Gasteiger partial charge on any atom is -0.373 e. The Kier molecular flexibility index (Phi) is 2.70. The summed E-state index contributed by atoms with van der Waals surface area (Å²) < 4.78 is 17.4. The molecule has 0 saturated carbocycles. The van der Waals surface area contributed by atoms with Crippen molar-refractivity contribution in [1.82, 2.24) is 4.90 Å². The maximum atomic E-state index is 11.3. The third-order valence-electron chi connectivity index (χ3n) is 3.58. The van der Waals surface area contributed by atoms with Crippen molar-refractivity contribution in [2.24, 2.45) is 5.73 Å². The van der Waals surface area contributed by atoms with E-state index in [1.807, 2.05) is 31.0 Å². The molecule has 0 radical (unpaired) electrons. The van der Waals surface area contributed by atoms with E-state index in [4.69, 9.17) is 19.9 Å². The molecule has 6 nitrogen and oxygen atoms in total. The van der Waals surface area contributed by atoms with Crippen LogP contribution in [-0.2, 0) is 19.0 Å². The Hall–Kier alpha value is -1.37. The molecule has 2 atom stereocenters. The molecule has 0 aromatic carbocycles. The zero-order valence-electron chi connectivity index (χ0n) is 11.1. The lowest BCUT2D eigenvalue weighted by atomic mass is 10.1. The maximum absolute atomic E-state index is 11.3. The summed E-state index contributed by atoms with van der Waals surface area (Å²) in [4.78, 5) is 13.2. The molecule has 0 bridgehead atoms. The monoisotopic (exact) mass is 266 g/mol. The van der Waals surface area contributed by atoms with Crippen LogP contribution in [0, 0.1) is 0 Å². The van der Waals surface area contributed by atoms with E-state index in [9.17, 15) is 4.79 Å². The van der Waals surface area contributed by atoms with Gasteiger partial charge in [0.25, 0.3) is 0 Å². The number of hydrogen-bond donors (Lipinski definition) is 1. The highest BCUT2D eigenvalue weighted by Gasteiger charge is 2.59. The van der Waals surface area contributed by atoms with Crippen LogP contribution in [0.5, 0.6) is 0 Å². The van der Waals surface area contributed by atoms with Gasteiger partial charge in [-0.2, -0.15) is 0 Å². The number of hydrogen-bond acceptors (Lipinski definition) is 5. The quantitative estimate of drug-likeness (QED) is 0.785. The number of nitrogens with zero attached hydrogens (tertiary/aromatic N) is 1. The van der Waals surface area contributed by atoms with Gasteiger partial charge in [0.2, 0.25) is 5.91 Å². The first-order valence-corrected chi connectivity index (χ1v) is 6.34. The first-order valence-electron chi connectivity index (χ1n) is 6.34. The second kappa shape index (κ2) is 4.06. The molecule has 3 aliphatic heterocycles. The van der Waals surface area contributed by atoms with Crippen molar-refractivity contribution in [2.45, 2.75) is 37.9 Å². The molecule has 2 fully saturated rings. The van der Waals surface area contributed by atoms with Gasteiger partial charge in [0, 0.05) is 18.0 Å². The minimum absolute atomic E-state index is 0.185. The fraction of sp³-hybridized carbons (Fsp3) is 0.615. The van der Waals surface area contributed by atoms with Gasteiger partial charge in [0.1, 0.15) is 6.10 Å². The number of fused-ring (bicyclic) bond motifs is 1. The normalized spacial score (nSPS) is 36.2. The van der Waals surface area contributed by atoms with E-state index in [0.717, 1.165) is 0 Å². The van der Waals surface area contributed by atoms with E-state index in [1.54, 1.807) is 6.20 Å². The molecule has 6 heteroatoms. The van der Waals surface area contributed by atoms with Gasteiger partial charge in [-0.1, -0.05) is 6.08 Å². The Morgan fingerprint density at radius 3 is 3.05 bits per heavy atom. The van der Waals surface area contributed by atoms with Crippen LogP contribution in [0.25, 0.3) is 0 Å². The molecule has 2 saturated heterocycles. The van der Waals surface area contributed by atoms with E-state index in [2.05, 4.69) is 0 Å². The molecule has 104 valence electrons. The van der Waals surface area contributed by atoms with E-state index in [-0.39, 0.29) is 6.10 Å². The first-order chi connectivity index (χ1) is 8.93. The summed E-state index contributed by atoms with van der Waals surface area (Å²) in [5.41, 5.74) is 5.19. The molecule has 0 aliphatic carbocycles. The average Bonchev–Trinajstić information content (AvgIpc) is 2.82. The largest absolute Gasteiger partial charge is 0.373 e. The van der Waals surface area contributed by atoms with Crippen molar-refractivity contribution >= 4 is 5.91 Å². The lowest BCUT2D eigenvalue weighted by Crippen LogP contribution is -2.52. The van der Waals surface area contributed by atoms with Crippen molar-refractivity contribution in [3.05, 3.63) is 24.0 Å². The van der Waals surface area contributed by atoms with Crippen LogP contribution in [-0.4, -0.2) is 41.6 Å². The van der Waals surface area contributed by atoms with Crippen molar-refractivity contribution in [3.63, 3.8) is 0 Å². The Balaban J connectivity index is 1.94. The molecular formula is C13H18N2O4. The number of nitrogens with two attached hydrogens (primary N) is 1. The van der Waals surface area contributed by atoms with Crippen LogP contribution in [0.15, 0.2) is 24.0 Å². The number of carbonyl (C=O) groups excluding carboxylic acids is 1. The van der Waals surface area contributed by atoms with E-state index >= 15 is 0 Å². The summed E-state index contributed by atoms with van der Waals surface area (Å²) in [6.45, 7) is 4.63. The molecule has 3 aliphatic rings. The van der Waals surface area contributed by atoms with Gasteiger partial charge in [0.05, 0.1) is 13.2 Å². The van der Waals surface area contributed by atoms with Gasteiger partial charge in [-0.3, -0.25) is 4.79 Å². The van der Waals surface area contributed by atoms with E-state index in [1.165, 1.54) is 0 Å². The SMILES string of the molecule is CC1(C)OC2COCC2(N2C=CCC(C(N)=O)=C2)O1. The zero-order valence-corrected chi connectivity index (χ0v) is 11.1. The molecule has 2 N–H and O–H groups in total. The van der Waals surface area contributed by atoms with E-state index in [0.29, 0.717) is 25.2 Å². The number of rotatable bonds is 2. The van der Waals surface area contributed by atoms with E-state index < -0.39 is 17.4 Å².